The van der Waals surface area contributed by atoms with Crippen molar-refractivity contribution in [3.8, 4) is 5.75 Å². The van der Waals surface area contributed by atoms with Crippen LogP contribution >= 0.6 is 11.6 Å². The lowest BCUT2D eigenvalue weighted by Gasteiger charge is -2.33. The summed E-state index contributed by atoms with van der Waals surface area (Å²) in [4.78, 5) is 27.7. The number of benzene rings is 2. The Hall–Kier alpha value is -2.64. The third kappa shape index (κ3) is 5.92. The molecule has 1 aliphatic rings. The Labute approximate surface area is 174 Å². The number of para-hydroxylation sites is 1. The highest BCUT2D eigenvalue weighted by Gasteiger charge is 2.28. The summed E-state index contributed by atoms with van der Waals surface area (Å²) in [6.45, 7) is 4.43. The molecule has 0 aliphatic carbocycles. The van der Waals surface area contributed by atoms with Crippen molar-refractivity contribution in [3.63, 3.8) is 0 Å². The molecule has 1 fully saturated rings. The molecule has 29 heavy (non-hydrogen) atoms. The van der Waals surface area contributed by atoms with Crippen molar-refractivity contribution in [2.75, 3.05) is 38.0 Å². The third-order valence-corrected chi connectivity index (χ3v) is 5.14. The average Bonchev–Trinajstić information content (AvgIpc) is 2.71. The Morgan fingerprint density at radius 1 is 1.17 bits per heavy atom. The number of halogens is 2. The summed E-state index contributed by atoms with van der Waals surface area (Å²) in [6, 6.07) is 12.7. The highest BCUT2D eigenvalue weighted by Crippen LogP contribution is 2.20. The fourth-order valence-electron chi connectivity index (χ4n) is 3.23. The summed E-state index contributed by atoms with van der Waals surface area (Å²) in [5, 5.41) is 3.32. The van der Waals surface area contributed by atoms with Crippen LogP contribution in [0.2, 0.25) is 5.02 Å². The van der Waals surface area contributed by atoms with Gasteiger partial charge in [-0.05, 0) is 43.3 Å². The zero-order chi connectivity index (χ0) is 20.8. The largest absolute Gasteiger partial charge is 0.481 e. The van der Waals surface area contributed by atoms with E-state index in [0.29, 0.717) is 49.2 Å². The van der Waals surface area contributed by atoms with Crippen LogP contribution in [0.3, 0.4) is 0 Å². The molecule has 1 aliphatic heterocycles. The van der Waals surface area contributed by atoms with Gasteiger partial charge in [-0.3, -0.25) is 9.59 Å². The molecular weight excluding hydrogens is 397 g/mol. The van der Waals surface area contributed by atoms with Crippen molar-refractivity contribution < 1.29 is 23.6 Å². The van der Waals surface area contributed by atoms with Crippen molar-refractivity contribution in [2.45, 2.75) is 13.0 Å². The van der Waals surface area contributed by atoms with Gasteiger partial charge in [0.2, 0.25) is 0 Å². The monoisotopic (exact) mass is 420 g/mol. The fourth-order valence-corrected chi connectivity index (χ4v) is 3.41. The number of hydrogen-bond donors (Lipinski definition) is 2. The predicted octanol–water partition coefficient (Wildman–Crippen LogP) is 1.61. The molecule has 154 valence electrons. The fraction of sp³-hybridized carbons (Fsp3) is 0.333. The first-order valence-electron chi connectivity index (χ1n) is 9.51. The predicted molar refractivity (Wildman–Crippen MR) is 109 cm³/mol. The van der Waals surface area contributed by atoms with Crippen LogP contribution in [-0.2, 0) is 9.59 Å². The molecule has 2 amide bonds. The molecule has 0 saturated carbocycles. The van der Waals surface area contributed by atoms with Gasteiger partial charge in [-0.15, -0.1) is 0 Å². The maximum absolute atomic E-state index is 13.0. The number of anilines is 1. The van der Waals surface area contributed by atoms with E-state index in [4.69, 9.17) is 16.3 Å². The van der Waals surface area contributed by atoms with Gasteiger partial charge in [-0.1, -0.05) is 23.7 Å². The second-order valence-corrected chi connectivity index (χ2v) is 7.40. The number of hydrogen-bond acceptors (Lipinski definition) is 3. The highest BCUT2D eigenvalue weighted by molar-refractivity contribution is 6.33. The van der Waals surface area contributed by atoms with Crippen molar-refractivity contribution in [3.05, 3.63) is 59.4 Å². The molecule has 0 spiro atoms. The lowest BCUT2D eigenvalue weighted by molar-refractivity contribution is -0.895. The maximum Gasteiger partial charge on any atom is 0.279 e. The molecule has 0 bridgehead atoms. The standard InChI is InChI=1S/C21H23ClFN3O3/c1-15(29-17-8-6-16(23)7-9-17)21(28)26-12-10-25(11-13-26)14-20(27)24-19-5-3-2-4-18(19)22/h2-9,15H,10-14H2,1H3,(H,24,27)/p+1/t15-/m0/s1. The normalized spacial score (nSPS) is 15.6. The Balaban J connectivity index is 1.44. The summed E-state index contributed by atoms with van der Waals surface area (Å²) < 4.78 is 18.6. The van der Waals surface area contributed by atoms with Crippen LogP contribution in [0.1, 0.15) is 6.92 Å². The van der Waals surface area contributed by atoms with Crippen LogP contribution in [0.15, 0.2) is 48.5 Å². The van der Waals surface area contributed by atoms with Crippen LogP contribution in [0.5, 0.6) is 5.75 Å². The lowest BCUT2D eigenvalue weighted by Crippen LogP contribution is -3.15. The van der Waals surface area contributed by atoms with Gasteiger partial charge in [0.15, 0.2) is 12.6 Å². The van der Waals surface area contributed by atoms with E-state index in [2.05, 4.69) is 5.32 Å². The van der Waals surface area contributed by atoms with Gasteiger partial charge in [0, 0.05) is 0 Å². The molecule has 2 aromatic carbocycles. The van der Waals surface area contributed by atoms with Crippen LogP contribution in [-0.4, -0.2) is 55.5 Å². The summed E-state index contributed by atoms with van der Waals surface area (Å²) in [5.41, 5.74) is 0.596. The number of amides is 2. The summed E-state index contributed by atoms with van der Waals surface area (Å²) in [5.74, 6) is -0.128. The quantitative estimate of drug-likeness (QED) is 0.746. The van der Waals surface area contributed by atoms with E-state index >= 15 is 0 Å². The third-order valence-electron chi connectivity index (χ3n) is 4.81. The Morgan fingerprint density at radius 2 is 1.83 bits per heavy atom. The van der Waals surface area contributed by atoms with Crippen molar-refractivity contribution >= 4 is 29.1 Å². The number of nitrogens with zero attached hydrogens (tertiary/aromatic N) is 1. The summed E-state index contributed by atoms with van der Waals surface area (Å²) >= 11 is 6.06. The second-order valence-electron chi connectivity index (χ2n) is 6.99. The van der Waals surface area contributed by atoms with E-state index in [1.807, 2.05) is 6.07 Å². The zero-order valence-electron chi connectivity index (χ0n) is 16.2. The number of piperazine rings is 1. The SMILES string of the molecule is C[C@H](Oc1ccc(F)cc1)C(=O)N1CC[NH+](CC(=O)Nc2ccccc2Cl)CC1. The molecule has 6 nitrogen and oxygen atoms in total. The minimum absolute atomic E-state index is 0.110. The first kappa shape index (κ1) is 21.1. The number of carbonyl (C=O) groups excluding carboxylic acids is 2. The number of quaternary nitrogens is 1. The van der Waals surface area contributed by atoms with Gasteiger partial charge in [0.25, 0.3) is 11.8 Å². The molecule has 2 N–H and O–H groups in total. The van der Waals surface area contributed by atoms with Crippen LogP contribution in [0, 0.1) is 5.82 Å². The van der Waals surface area contributed by atoms with Gasteiger partial charge in [-0.25, -0.2) is 4.39 Å². The van der Waals surface area contributed by atoms with Crippen molar-refractivity contribution in [1.82, 2.24) is 4.90 Å². The highest BCUT2D eigenvalue weighted by atomic mass is 35.5. The summed E-state index contributed by atoms with van der Waals surface area (Å²) in [7, 11) is 0. The summed E-state index contributed by atoms with van der Waals surface area (Å²) in [6.07, 6.45) is -0.662. The van der Waals surface area contributed by atoms with Gasteiger partial charge in [-0.2, -0.15) is 0 Å². The number of rotatable bonds is 6. The number of nitrogens with one attached hydrogen (secondary N) is 2. The van der Waals surface area contributed by atoms with Crippen LogP contribution < -0.4 is 15.0 Å². The van der Waals surface area contributed by atoms with Gasteiger partial charge >= 0.3 is 0 Å². The maximum atomic E-state index is 13.0. The Bertz CT molecular complexity index is 855. The molecule has 0 aromatic heterocycles. The van der Waals surface area contributed by atoms with Gasteiger partial charge < -0.3 is 19.9 Å². The first-order valence-corrected chi connectivity index (χ1v) is 9.89. The van der Waals surface area contributed by atoms with Gasteiger partial charge in [0.1, 0.15) is 11.6 Å². The zero-order valence-corrected chi connectivity index (χ0v) is 16.9. The Kier molecular flexibility index (Phi) is 7.06. The first-order chi connectivity index (χ1) is 13.9. The lowest BCUT2D eigenvalue weighted by atomic mass is 10.2. The van der Waals surface area contributed by atoms with E-state index in [1.165, 1.54) is 24.3 Å². The van der Waals surface area contributed by atoms with E-state index in [9.17, 15) is 14.0 Å². The molecule has 3 rings (SSSR count). The number of ether oxygens (including phenoxy) is 1. The minimum atomic E-state index is -0.662. The van der Waals surface area contributed by atoms with E-state index in [1.54, 1.807) is 30.0 Å². The molecule has 0 unspecified atom stereocenters. The molecular formula is C21H24ClFN3O3+. The molecule has 1 atom stereocenters. The van der Waals surface area contributed by atoms with E-state index < -0.39 is 6.10 Å². The van der Waals surface area contributed by atoms with E-state index in [-0.39, 0.29) is 17.6 Å². The molecule has 1 heterocycles. The van der Waals surface area contributed by atoms with Crippen molar-refractivity contribution in [1.29, 1.82) is 0 Å². The number of carbonyl (C=O) groups is 2. The van der Waals surface area contributed by atoms with Crippen LogP contribution in [0.25, 0.3) is 0 Å². The minimum Gasteiger partial charge on any atom is -0.481 e. The smallest absolute Gasteiger partial charge is 0.279 e. The molecule has 2 aromatic rings. The average molecular weight is 421 g/mol. The molecule has 0 radical (unpaired) electrons. The second kappa shape index (κ2) is 9.71. The molecule has 8 heteroatoms. The molecule has 1 saturated heterocycles. The topological polar surface area (TPSA) is 63.1 Å². The van der Waals surface area contributed by atoms with Crippen molar-refractivity contribution in [2.24, 2.45) is 0 Å². The van der Waals surface area contributed by atoms with Gasteiger partial charge in [0.05, 0.1) is 36.9 Å². The van der Waals surface area contributed by atoms with E-state index in [0.717, 1.165) is 4.90 Å². The van der Waals surface area contributed by atoms with Crippen LogP contribution in [0.4, 0.5) is 10.1 Å². The Morgan fingerprint density at radius 3 is 2.48 bits per heavy atom.